The lowest BCUT2D eigenvalue weighted by atomic mass is 10.1. The summed E-state index contributed by atoms with van der Waals surface area (Å²) in [7, 11) is 0. The van der Waals surface area contributed by atoms with Crippen molar-refractivity contribution in [1.29, 1.82) is 5.26 Å². The molecule has 8 heteroatoms. The number of benzene rings is 1. The van der Waals surface area contributed by atoms with Gasteiger partial charge in [-0.2, -0.15) is 5.26 Å². The maximum Gasteiger partial charge on any atom is 0.248 e. The van der Waals surface area contributed by atoms with E-state index in [0.29, 0.717) is 19.6 Å². The zero-order chi connectivity index (χ0) is 19.8. The smallest absolute Gasteiger partial charge is 0.248 e. The molecule has 0 radical (unpaired) electrons. The minimum atomic E-state index is -0.246. The van der Waals surface area contributed by atoms with Crippen LogP contribution in [-0.2, 0) is 11.3 Å². The average molecular weight is 409 g/mol. The molecule has 3 aliphatic heterocycles. The molecule has 7 nitrogen and oxygen atoms in total. The molecule has 3 fully saturated rings. The van der Waals surface area contributed by atoms with Crippen LogP contribution in [0.15, 0.2) is 30.5 Å². The molecule has 150 valence electrons. The standard InChI is InChI=1S/C21H24N6OS/c22-15-25-7-8-26-9-10-27(20(28)18(26)14-25)21-23-12-19(29-21)17-4-1-3-16(11-17)13-24-5-2-6-24/h1,3-4,11-12,18H,2,5-10,13-14H2/t18-/m0/s1. The summed E-state index contributed by atoms with van der Waals surface area (Å²) in [5.74, 6) is 0.0589. The Morgan fingerprint density at radius 1 is 1.17 bits per heavy atom. The number of piperazine rings is 2. The van der Waals surface area contributed by atoms with Crippen LogP contribution in [0.25, 0.3) is 10.4 Å². The molecule has 0 aliphatic carbocycles. The van der Waals surface area contributed by atoms with Gasteiger partial charge in [-0.25, -0.2) is 4.98 Å². The summed E-state index contributed by atoms with van der Waals surface area (Å²) in [4.78, 5) is 26.9. The van der Waals surface area contributed by atoms with Crippen LogP contribution in [0.2, 0.25) is 0 Å². The topological polar surface area (TPSA) is 66.7 Å². The van der Waals surface area contributed by atoms with Crippen LogP contribution >= 0.6 is 11.3 Å². The van der Waals surface area contributed by atoms with Gasteiger partial charge in [-0.1, -0.05) is 29.5 Å². The van der Waals surface area contributed by atoms with Gasteiger partial charge >= 0.3 is 0 Å². The third kappa shape index (κ3) is 3.62. The van der Waals surface area contributed by atoms with E-state index in [0.717, 1.165) is 35.2 Å². The molecule has 0 unspecified atom stereocenters. The van der Waals surface area contributed by atoms with Gasteiger partial charge in [0.15, 0.2) is 11.3 Å². The van der Waals surface area contributed by atoms with E-state index < -0.39 is 0 Å². The van der Waals surface area contributed by atoms with Crippen molar-refractivity contribution >= 4 is 22.4 Å². The van der Waals surface area contributed by atoms with E-state index in [1.165, 1.54) is 25.1 Å². The van der Waals surface area contributed by atoms with Gasteiger partial charge in [-0.05, 0) is 36.7 Å². The van der Waals surface area contributed by atoms with Crippen molar-refractivity contribution in [1.82, 2.24) is 19.7 Å². The van der Waals surface area contributed by atoms with Crippen molar-refractivity contribution in [2.45, 2.75) is 19.0 Å². The number of hydrogen-bond donors (Lipinski definition) is 0. The van der Waals surface area contributed by atoms with Crippen LogP contribution in [0.4, 0.5) is 5.13 Å². The van der Waals surface area contributed by atoms with Crippen molar-refractivity contribution in [3.63, 3.8) is 0 Å². The number of rotatable bonds is 4. The number of nitrogens with zero attached hydrogens (tertiary/aromatic N) is 6. The molecule has 1 amide bonds. The third-order valence-electron chi connectivity index (χ3n) is 6.09. The molecule has 5 rings (SSSR count). The molecule has 3 aliphatic rings. The second kappa shape index (κ2) is 7.75. The Balaban J connectivity index is 1.33. The molecule has 1 aromatic heterocycles. The van der Waals surface area contributed by atoms with Gasteiger partial charge in [0.05, 0.1) is 11.4 Å². The first kappa shape index (κ1) is 18.6. The van der Waals surface area contributed by atoms with E-state index in [2.05, 4.69) is 45.2 Å². The van der Waals surface area contributed by atoms with Gasteiger partial charge in [0.1, 0.15) is 6.04 Å². The average Bonchev–Trinajstić information content (AvgIpc) is 3.21. The van der Waals surface area contributed by atoms with Crippen LogP contribution in [0.5, 0.6) is 0 Å². The molecule has 3 saturated heterocycles. The maximum atomic E-state index is 13.1. The van der Waals surface area contributed by atoms with Gasteiger partial charge in [0.2, 0.25) is 5.91 Å². The normalized spacial score (nSPS) is 22.9. The van der Waals surface area contributed by atoms with Crippen LogP contribution in [-0.4, -0.2) is 77.4 Å². The Kier molecular flexibility index (Phi) is 4.96. The van der Waals surface area contributed by atoms with Gasteiger partial charge in [-0.15, -0.1) is 0 Å². The van der Waals surface area contributed by atoms with Gasteiger partial charge in [0.25, 0.3) is 0 Å². The van der Waals surface area contributed by atoms with Crippen molar-refractivity contribution in [2.75, 3.05) is 50.7 Å². The van der Waals surface area contributed by atoms with E-state index in [4.69, 9.17) is 0 Å². The summed E-state index contributed by atoms with van der Waals surface area (Å²) < 4.78 is 0. The molecular weight excluding hydrogens is 384 g/mol. The van der Waals surface area contributed by atoms with Gasteiger partial charge in [-0.3, -0.25) is 19.5 Å². The van der Waals surface area contributed by atoms with E-state index in [1.54, 1.807) is 21.1 Å². The lowest BCUT2D eigenvalue weighted by Gasteiger charge is -2.44. The Labute approximate surface area is 174 Å². The van der Waals surface area contributed by atoms with Crippen LogP contribution in [0.1, 0.15) is 12.0 Å². The highest BCUT2D eigenvalue weighted by Crippen LogP contribution is 2.33. The van der Waals surface area contributed by atoms with Crippen LogP contribution in [0, 0.1) is 11.5 Å². The molecule has 0 saturated carbocycles. The summed E-state index contributed by atoms with van der Waals surface area (Å²) >= 11 is 1.57. The number of thiazole rings is 1. The van der Waals surface area contributed by atoms with Gasteiger partial charge in [0, 0.05) is 38.9 Å². The third-order valence-corrected chi connectivity index (χ3v) is 7.15. The SMILES string of the molecule is N#CN1CCN2CCN(c3ncc(-c4cccc(CN5CCC5)c4)s3)C(=O)[C@@H]2C1. The number of nitriles is 1. The number of anilines is 1. The summed E-state index contributed by atoms with van der Waals surface area (Å²) in [6.07, 6.45) is 5.36. The van der Waals surface area contributed by atoms with E-state index in [-0.39, 0.29) is 11.9 Å². The Morgan fingerprint density at radius 3 is 2.83 bits per heavy atom. The first-order valence-corrected chi connectivity index (χ1v) is 11.0. The highest BCUT2D eigenvalue weighted by Gasteiger charge is 2.39. The minimum Gasteiger partial charge on any atom is -0.307 e. The van der Waals surface area contributed by atoms with Crippen LogP contribution < -0.4 is 4.90 Å². The predicted molar refractivity (Wildman–Crippen MR) is 112 cm³/mol. The highest BCUT2D eigenvalue weighted by atomic mass is 32.1. The number of amides is 1. The molecule has 29 heavy (non-hydrogen) atoms. The molecule has 0 bridgehead atoms. The van der Waals surface area contributed by atoms with Crippen LogP contribution in [0.3, 0.4) is 0 Å². The molecule has 0 spiro atoms. The summed E-state index contributed by atoms with van der Waals surface area (Å²) in [5, 5.41) is 9.95. The van der Waals surface area contributed by atoms with E-state index >= 15 is 0 Å². The fourth-order valence-corrected chi connectivity index (χ4v) is 5.21. The molecule has 1 aromatic carbocycles. The first-order chi connectivity index (χ1) is 14.2. The number of likely N-dealkylation sites (tertiary alicyclic amines) is 1. The fraction of sp³-hybridized carbons (Fsp3) is 0.476. The quantitative estimate of drug-likeness (QED) is 0.719. The lowest BCUT2D eigenvalue weighted by Crippen LogP contribution is -2.64. The van der Waals surface area contributed by atoms with Crippen molar-refractivity contribution in [2.24, 2.45) is 0 Å². The Bertz CT molecular complexity index is 949. The maximum absolute atomic E-state index is 13.1. The zero-order valence-corrected chi connectivity index (χ0v) is 17.1. The van der Waals surface area contributed by atoms with Crippen molar-refractivity contribution < 1.29 is 4.79 Å². The number of hydrogen-bond acceptors (Lipinski definition) is 7. The molecular formula is C21H24N6OS. The second-order valence-electron chi connectivity index (χ2n) is 7.92. The van der Waals surface area contributed by atoms with Crippen molar-refractivity contribution in [3.8, 4) is 16.6 Å². The Morgan fingerprint density at radius 2 is 2.03 bits per heavy atom. The molecule has 4 heterocycles. The predicted octanol–water partition coefficient (Wildman–Crippen LogP) is 1.83. The van der Waals surface area contributed by atoms with E-state index in [9.17, 15) is 10.1 Å². The largest absolute Gasteiger partial charge is 0.307 e. The first-order valence-electron chi connectivity index (χ1n) is 10.2. The number of carbonyl (C=O) groups is 1. The molecule has 2 aromatic rings. The summed E-state index contributed by atoms with van der Waals surface area (Å²) in [6, 6.07) is 8.39. The monoisotopic (exact) mass is 408 g/mol. The number of fused-ring (bicyclic) bond motifs is 1. The van der Waals surface area contributed by atoms with E-state index in [1.807, 2.05) is 6.20 Å². The minimum absolute atomic E-state index is 0.0589. The summed E-state index contributed by atoms with van der Waals surface area (Å²) in [6.45, 7) is 6.81. The number of aromatic nitrogens is 1. The highest BCUT2D eigenvalue weighted by molar-refractivity contribution is 7.19. The fourth-order valence-electron chi connectivity index (χ4n) is 4.27. The lowest BCUT2D eigenvalue weighted by molar-refractivity contribution is -0.127. The summed E-state index contributed by atoms with van der Waals surface area (Å²) in [5.41, 5.74) is 2.48. The van der Waals surface area contributed by atoms with Crippen molar-refractivity contribution in [3.05, 3.63) is 36.0 Å². The second-order valence-corrected chi connectivity index (χ2v) is 8.93. The molecule has 0 N–H and O–H groups in total. The Hall–Kier alpha value is -2.47. The molecule has 1 atom stereocenters. The number of carbonyl (C=O) groups excluding carboxylic acids is 1. The zero-order valence-electron chi connectivity index (χ0n) is 16.3. The van der Waals surface area contributed by atoms with Gasteiger partial charge < -0.3 is 4.90 Å².